The van der Waals surface area contributed by atoms with Crippen LogP contribution < -0.4 is 10.1 Å². The normalized spacial score (nSPS) is 10.6. The molecule has 3 nitrogen and oxygen atoms in total. The molecular weight excluding hydrogens is 354 g/mol. The van der Waals surface area contributed by atoms with Gasteiger partial charge in [0.25, 0.3) is 5.91 Å². The van der Waals surface area contributed by atoms with E-state index in [-0.39, 0.29) is 5.91 Å². The molecule has 0 saturated carbocycles. The van der Waals surface area contributed by atoms with Crippen LogP contribution in [0.4, 0.5) is 0 Å². The Morgan fingerprint density at radius 3 is 2.67 bits per heavy atom. The number of ether oxygens (including phenoxy) is 1. The number of halogens is 2. The summed E-state index contributed by atoms with van der Waals surface area (Å²) in [5.74, 6) is 1.08. The van der Waals surface area contributed by atoms with Crippen LogP contribution in [0, 0.1) is 0 Å². The fourth-order valence-electron chi connectivity index (χ4n) is 2.21. The summed E-state index contributed by atoms with van der Waals surface area (Å²) in [5, 5.41) is 4.84. The molecule has 0 fully saturated rings. The highest BCUT2D eigenvalue weighted by Crippen LogP contribution is 2.35. The Morgan fingerprint density at radius 2 is 2.00 bits per heavy atom. The highest BCUT2D eigenvalue weighted by molar-refractivity contribution is 9.10. The Labute approximate surface area is 137 Å². The van der Waals surface area contributed by atoms with Gasteiger partial charge in [0.1, 0.15) is 5.75 Å². The molecule has 0 saturated heterocycles. The van der Waals surface area contributed by atoms with Crippen molar-refractivity contribution in [2.45, 2.75) is 12.8 Å². The van der Waals surface area contributed by atoms with E-state index in [0.717, 1.165) is 28.1 Å². The quantitative estimate of drug-likeness (QED) is 0.606. The summed E-state index contributed by atoms with van der Waals surface area (Å²) in [5.41, 5.74) is 0.536. The molecule has 0 spiro atoms. The number of carbonyl (C=O) groups excluding carboxylic acids is 1. The van der Waals surface area contributed by atoms with Crippen molar-refractivity contribution in [2.24, 2.45) is 0 Å². The van der Waals surface area contributed by atoms with E-state index < -0.39 is 0 Å². The average Bonchev–Trinajstić information content (AvgIpc) is 2.51. The first-order valence-corrected chi connectivity index (χ1v) is 8.11. The minimum atomic E-state index is -0.132. The SMILES string of the molecule is COc1c(C(=O)NCCCCCl)cc(Br)c2ccccc12. The molecule has 1 amide bonds. The van der Waals surface area contributed by atoms with Gasteiger partial charge in [0.05, 0.1) is 12.7 Å². The fourth-order valence-corrected chi connectivity index (χ4v) is 2.97. The Bertz CT molecular complexity index is 645. The number of unbranched alkanes of at least 4 members (excludes halogenated alkanes) is 1. The third kappa shape index (κ3) is 3.69. The smallest absolute Gasteiger partial charge is 0.255 e. The van der Waals surface area contributed by atoms with Gasteiger partial charge in [-0.2, -0.15) is 0 Å². The van der Waals surface area contributed by atoms with Gasteiger partial charge in [-0.3, -0.25) is 4.79 Å². The highest BCUT2D eigenvalue weighted by Gasteiger charge is 2.17. The molecule has 2 aromatic carbocycles. The van der Waals surface area contributed by atoms with E-state index in [4.69, 9.17) is 16.3 Å². The summed E-state index contributed by atoms with van der Waals surface area (Å²) in [6.45, 7) is 0.610. The second kappa shape index (κ2) is 7.66. The van der Waals surface area contributed by atoms with Crippen LogP contribution in [0.2, 0.25) is 0 Å². The molecule has 0 aliphatic rings. The van der Waals surface area contributed by atoms with Crippen molar-refractivity contribution in [3.63, 3.8) is 0 Å². The maximum absolute atomic E-state index is 12.3. The van der Waals surface area contributed by atoms with Crippen molar-refractivity contribution in [3.05, 3.63) is 40.4 Å². The molecule has 0 atom stereocenters. The van der Waals surface area contributed by atoms with Crippen molar-refractivity contribution in [1.82, 2.24) is 5.32 Å². The fraction of sp³-hybridized carbons (Fsp3) is 0.312. The van der Waals surface area contributed by atoms with Gasteiger partial charge in [0.2, 0.25) is 0 Å². The summed E-state index contributed by atoms with van der Waals surface area (Å²) in [6, 6.07) is 9.63. The average molecular weight is 371 g/mol. The minimum Gasteiger partial charge on any atom is -0.495 e. The number of methoxy groups -OCH3 is 1. The van der Waals surface area contributed by atoms with Gasteiger partial charge in [-0.05, 0) is 24.3 Å². The van der Waals surface area contributed by atoms with Crippen LogP contribution in [-0.2, 0) is 0 Å². The van der Waals surface area contributed by atoms with E-state index in [2.05, 4.69) is 21.2 Å². The molecule has 112 valence electrons. The van der Waals surface area contributed by atoms with E-state index in [1.165, 1.54) is 0 Å². The zero-order chi connectivity index (χ0) is 15.2. The number of benzene rings is 2. The molecule has 2 rings (SSSR count). The van der Waals surface area contributed by atoms with Gasteiger partial charge < -0.3 is 10.1 Å². The largest absolute Gasteiger partial charge is 0.495 e. The molecule has 0 aliphatic heterocycles. The van der Waals surface area contributed by atoms with Crippen LogP contribution in [0.5, 0.6) is 5.75 Å². The number of amides is 1. The van der Waals surface area contributed by atoms with Crippen LogP contribution in [-0.4, -0.2) is 25.4 Å². The number of hydrogen-bond donors (Lipinski definition) is 1. The first-order chi connectivity index (χ1) is 10.2. The molecule has 21 heavy (non-hydrogen) atoms. The van der Waals surface area contributed by atoms with Crippen molar-refractivity contribution in [3.8, 4) is 5.75 Å². The predicted molar refractivity (Wildman–Crippen MR) is 90.5 cm³/mol. The third-order valence-corrected chi connectivity index (χ3v) is 4.16. The maximum atomic E-state index is 12.3. The molecule has 0 radical (unpaired) electrons. The molecular formula is C16H17BrClNO2. The van der Waals surface area contributed by atoms with Crippen LogP contribution in [0.3, 0.4) is 0 Å². The molecule has 0 bridgehead atoms. The molecule has 2 aromatic rings. The lowest BCUT2D eigenvalue weighted by Gasteiger charge is -2.13. The Hall–Kier alpha value is -1.26. The van der Waals surface area contributed by atoms with Gasteiger partial charge in [-0.15, -0.1) is 11.6 Å². The maximum Gasteiger partial charge on any atom is 0.255 e. The van der Waals surface area contributed by atoms with Crippen molar-refractivity contribution in [1.29, 1.82) is 0 Å². The first kappa shape index (κ1) is 16.1. The van der Waals surface area contributed by atoms with E-state index in [0.29, 0.717) is 23.7 Å². The summed E-state index contributed by atoms with van der Waals surface area (Å²) in [7, 11) is 1.58. The van der Waals surface area contributed by atoms with Crippen molar-refractivity contribution >= 4 is 44.2 Å². The van der Waals surface area contributed by atoms with E-state index in [1.807, 2.05) is 24.3 Å². The number of hydrogen-bond acceptors (Lipinski definition) is 2. The molecule has 0 aliphatic carbocycles. The van der Waals surface area contributed by atoms with Gasteiger partial charge in [0, 0.05) is 22.3 Å². The lowest BCUT2D eigenvalue weighted by Crippen LogP contribution is -2.25. The first-order valence-electron chi connectivity index (χ1n) is 6.78. The second-order valence-electron chi connectivity index (χ2n) is 4.64. The lowest BCUT2D eigenvalue weighted by molar-refractivity contribution is 0.0950. The van der Waals surface area contributed by atoms with Crippen molar-refractivity contribution in [2.75, 3.05) is 19.5 Å². The number of fused-ring (bicyclic) bond motifs is 1. The van der Waals surface area contributed by atoms with Crippen molar-refractivity contribution < 1.29 is 9.53 Å². The zero-order valence-corrected chi connectivity index (χ0v) is 14.1. The Kier molecular flexibility index (Phi) is 5.88. The van der Waals surface area contributed by atoms with Crippen LogP contribution >= 0.6 is 27.5 Å². The summed E-state index contributed by atoms with van der Waals surface area (Å²) >= 11 is 9.15. The monoisotopic (exact) mass is 369 g/mol. The van der Waals surface area contributed by atoms with Crippen LogP contribution in [0.25, 0.3) is 10.8 Å². The molecule has 0 heterocycles. The molecule has 1 N–H and O–H groups in total. The summed E-state index contributed by atoms with van der Waals surface area (Å²) in [4.78, 5) is 12.3. The molecule has 5 heteroatoms. The van der Waals surface area contributed by atoms with E-state index in [1.54, 1.807) is 13.2 Å². The minimum absolute atomic E-state index is 0.132. The number of nitrogens with one attached hydrogen (secondary N) is 1. The molecule has 0 unspecified atom stereocenters. The van der Waals surface area contributed by atoms with Gasteiger partial charge >= 0.3 is 0 Å². The molecule has 0 aromatic heterocycles. The zero-order valence-electron chi connectivity index (χ0n) is 11.8. The van der Waals surface area contributed by atoms with Crippen LogP contribution in [0.1, 0.15) is 23.2 Å². The number of rotatable bonds is 6. The Morgan fingerprint density at radius 1 is 1.29 bits per heavy atom. The predicted octanol–water partition coefficient (Wildman–Crippen LogP) is 4.36. The van der Waals surface area contributed by atoms with Gasteiger partial charge in [0.15, 0.2) is 0 Å². The third-order valence-electron chi connectivity index (χ3n) is 3.24. The van der Waals surface area contributed by atoms with Gasteiger partial charge in [-0.25, -0.2) is 0 Å². The summed E-state index contributed by atoms with van der Waals surface area (Å²) in [6.07, 6.45) is 1.76. The number of alkyl halides is 1. The summed E-state index contributed by atoms with van der Waals surface area (Å²) < 4.78 is 6.34. The Balaban J connectivity index is 2.32. The topological polar surface area (TPSA) is 38.3 Å². The van der Waals surface area contributed by atoms with E-state index in [9.17, 15) is 4.79 Å². The van der Waals surface area contributed by atoms with Crippen LogP contribution in [0.15, 0.2) is 34.8 Å². The highest BCUT2D eigenvalue weighted by atomic mass is 79.9. The van der Waals surface area contributed by atoms with E-state index >= 15 is 0 Å². The standard InChI is InChI=1S/C16H17BrClNO2/c1-21-15-12-7-3-2-6-11(12)14(17)10-13(15)16(20)19-9-5-4-8-18/h2-3,6-7,10H,4-5,8-9H2,1H3,(H,19,20). The second-order valence-corrected chi connectivity index (χ2v) is 5.87. The number of carbonyl (C=O) groups is 1. The van der Waals surface area contributed by atoms with Gasteiger partial charge in [-0.1, -0.05) is 40.2 Å². The lowest BCUT2D eigenvalue weighted by atomic mass is 10.0.